The fraction of sp³-hybridized carbons (Fsp3) is 0.182. The van der Waals surface area contributed by atoms with E-state index in [1.165, 1.54) is 0 Å². The van der Waals surface area contributed by atoms with Gasteiger partial charge in [-0.15, -0.1) is 0 Å². The highest BCUT2D eigenvalue weighted by atomic mass is 15.3. The van der Waals surface area contributed by atoms with Crippen LogP contribution < -0.4 is 11.5 Å². The molecule has 0 radical (unpaired) electrons. The van der Waals surface area contributed by atoms with E-state index in [9.17, 15) is 0 Å². The number of benzene rings is 1. The Morgan fingerprint density at radius 3 is 2.33 bits per heavy atom. The number of aromatic nitrogens is 2. The number of nitrogens with zero attached hydrogens (tertiary/aromatic N) is 2. The number of rotatable bonds is 3. The van der Waals surface area contributed by atoms with E-state index in [1.54, 1.807) is 6.20 Å². The molecule has 78 valence electrons. The van der Waals surface area contributed by atoms with Gasteiger partial charge in [-0.3, -0.25) is 0 Å². The molecule has 4 N–H and O–H groups in total. The predicted molar refractivity (Wildman–Crippen MR) is 59.3 cm³/mol. The van der Waals surface area contributed by atoms with Gasteiger partial charge in [0.25, 0.3) is 0 Å². The molecular formula is C11H14N4. The van der Waals surface area contributed by atoms with Crippen LogP contribution in [0.2, 0.25) is 0 Å². The van der Waals surface area contributed by atoms with Crippen molar-refractivity contribution in [2.75, 3.05) is 0 Å². The molecule has 4 heteroatoms. The third-order valence-electron chi connectivity index (χ3n) is 2.35. The Kier molecular flexibility index (Phi) is 2.80. The molecule has 0 aliphatic rings. The highest BCUT2D eigenvalue weighted by Crippen LogP contribution is 2.11. The Bertz CT molecular complexity index is 430. The SMILES string of the molecule is NCc1ccc(-n2nccc2CN)cc1. The summed E-state index contributed by atoms with van der Waals surface area (Å²) < 4.78 is 1.83. The zero-order valence-electron chi connectivity index (χ0n) is 8.43. The van der Waals surface area contributed by atoms with Crippen LogP contribution in [0.15, 0.2) is 36.5 Å². The lowest BCUT2D eigenvalue weighted by atomic mass is 10.2. The van der Waals surface area contributed by atoms with Crippen LogP contribution in [0.3, 0.4) is 0 Å². The molecule has 2 rings (SSSR count). The summed E-state index contributed by atoms with van der Waals surface area (Å²) in [5, 5.41) is 4.22. The third kappa shape index (κ3) is 1.91. The maximum Gasteiger partial charge on any atom is 0.0649 e. The number of hydrogen-bond acceptors (Lipinski definition) is 3. The largest absolute Gasteiger partial charge is 0.326 e. The van der Waals surface area contributed by atoms with Crippen molar-refractivity contribution in [3.63, 3.8) is 0 Å². The lowest BCUT2D eigenvalue weighted by Crippen LogP contribution is -2.07. The van der Waals surface area contributed by atoms with Gasteiger partial charge in [0.05, 0.1) is 11.4 Å². The molecule has 1 heterocycles. The van der Waals surface area contributed by atoms with E-state index >= 15 is 0 Å². The summed E-state index contributed by atoms with van der Waals surface area (Å²) in [5.74, 6) is 0. The van der Waals surface area contributed by atoms with E-state index in [0.717, 1.165) is 16.9 Å². The van der Waals surface area contributed by atoms with E-state index in [2.05, 4.69) is 5.10 Å². The van der Waals surface area contributed by atoms with Gasteiger partial charge in [-0.2, -0.15) is 5.10 Å². The molecule has 0 atom stereocenters. The van der Waals surface area contributed by atoms with Crippen molar-refractivity contribution in [3.05, 3.63) is 47.8 Å². The van der Waals surface area contributed by atoms with Crippen LogP contribution in [-0.2, 0) is 13.1 Å². The van der Waals surface area contributed by atoms with Crippen LogP contribution in [0.25, 0.3) is 5.69 Å². The lowest BCUT2D eigenvalue weighted by Gasteiger charge is -2.06. The van der Waals surface area contributed by atoms with Gasteiger partial charge >= 0.3 is 0 Å². The van der Waals surface area contributed by atoms with Gasteiger partial charge in [0.2, 0.25) is 0 Å². The van der Waals surface area contributed by atoms with Crippen molar-refractivity contribution in [2.24, 2.45) is 11.5 Å². The molecule has 4 nitrogen and oxygen atoms in total. The highest BCUT2D eigenvalue weighted by Gasteiger charge is 2.02. The summed E-state index contributed by atoms with van der Waals surface area (Å²) >= 11 is 0. The molecule has 2 aromatic rings. The Morgan fingerprint density at radius 2 is 1.73 bits per heavy atom. The van der Waals surface area contributed by atoms with Gasteiger partial charge in [0.15, 0.2) is 0 Å². The van der Waals surface area contributed by atoms with Crippen molar-refractivity contribution in [1.82, 2.24) is 9.78 Å². The molecule has 0 aliphatic carbocycles. The summed E-state index contributed by atoms with van der Waals surface area (Å²) in [6.45, 7) is 1.04. The van der Waals surface area contributed by atoms with Crippen molar-refractivity contribution in [3.8, 4) is 5.69 Å². The van der Waals surface area contributed by atoms with Gasteiger partial charge in [-0.1, -0.05) is 12.1 Å². The maximum absolute atomic E-state index is 5.61. The fourth-order valence-corrected chi connectivity index (χ4v) is 1.49. The molecule has 0 fully saturated rings. The van der Waals surface area contributed by atoms with E-state index < -0.39 is 0 Å². The normalized spacial score (nSPS) is 10.5. The third-order valence-corrected chi connectivity index (χ3v) is 2.35. The minimum atomic E-state index is 0.485. The Hall–Kier alpha value is -1.65. The molecule has 0 aliphatic heterocycles. The van der Waals surface area contributed by atoms with E-state index in [1.807, 2.05) is 35.0 Å². The zero-order chi connectivity index (χ0) is 10.7. The van der Waals surface area contributed by atoms with Crippen LogP contribution in [0.1, 0.15) is 11.3 Å². The molecule has 0 spiro atoms. The lowest BCUT2D eigenvalue weighted by molar-refractivity contribution is 0.803. The molecule has 0 amide bonds. The van der Waals surface area contributed by atoms with Crippen LogP contribution in [0, 0.1) is 0 Å². The minimum Gasteiger partial charge on any atom is -0.326 e. The molecule has 1 aromatic carbocycles. The van der Waals surface area contributed by atoms with Crippen molar-refractivity contribution < 1.29 is 0 Å². The second kappa shape index (κ2) is 4.25. The standard InChI is InChI=1S/C11H14N4/c12-7-9-1-3-10(4-2-9)15-11(8-13)5-6-14-15/h1-6H,7-8,12-13H2. The molecule has 0 saturated carbocycles. The average Bonchev–Trinajstić information content (AvgIpc) is 2.77. The smallest absolute Gasteiger partial charge is 0.0649 e. The Morgan fingerprint density at radius 1 is 1.00 bits per heavy atom. The predicted octanol–water partition coefficient (Wildman–Crippen LogP) is 0.790. The van der Waals surface area contributed by atoms with Gasteiger partial charge < -0.3 is 11.5 Å². The number of nitrogens with two attached hydrogens (primary N) is 2. The zero-order valence-corrected chi connectivity index (χ0v) is 8.43. The first-order chi connectivity index (χ1) is 7.35. The first-order valence-corrected chi connectivity index (χ1v) is 4.87. The van der Waals surface area contributed by atoms with Crippen LogP contribution in [0.5, 0.6) is 0 Å². The first-order valence-electron chi connectivity index (χ1n) is 4.87. The second-order valence-corrected chi connectivity index (χ2v) is 3.31. The quantitative estimate of drug-likeness (QED) is 0.773. The van der Waals surface area contributed by atoms with Crippen LogP contribution in [-0.4, -0.2) is 9.78 Å². The maximum atomic E-state index is 5.61. The molecular weight excluding hydrogens is 188 g/mol. The highest BCUT2D eigenvalue weighted by molar-refractivity contribution is 5.35. The van der Waals surface area contributed by atoms with Crippen molar-refractivity contribution >= 4 is 0 Å². The average molecular weight is 202 g/mol. The summed E-state index contributed by atoms with van der Waals surface area (Å²) in [5.41, 5.74) is 14.3. The molecule has 0 unspecified atom stereocenters. The van der Waals surface area contributed by atoms with Crippen molar-refractivity contribution in [1.29, 1.82) is 0 Å². The molecule has 0 bridgehead atoms. The molecule has 15 heavy (non-hydrogen) atoms. The summed E-state index contributed by atoms with van der Waals surface area (Å²) in [7, 11) is 0. The minimum absolute atomic E-state index is 0.485. The van der Waals surface area contributed by atoms with Gasteiger partial charge in [-0.05, 0) is 23.8 Å². The van der Waals surface area contributed by atoms with E-state index in [0.29, 0.717) is 13.1 Å². The topological polar surface area (TPSA) is 69.9 Å². The van der Waals surface area contributed by atoms with Crippen LogP contribution in [0.4, 0.5) is 0 Å². The summed E-state index contributed by atoms with van der Waals surface area (Å²) in [4.78, 5) is 0. The number of hydrogen-bond donors (Lipinski definition) is 2. The van der Waals surface area contributed by atoms with E-state index in [-0.39, 0.29) is 0 Å². The van der Waals surface area contributed by atoms with Crippen molar-refractivity contribution in [2.45, 2.75) is 13.1 Å². The molecule has 1 aromatic heterocycles. The summed E-state index contributed by atoms with van der Waals surface area (Å²) in [6.07, 6.45) is 1.75. The first kappa shape index (κ1) is 9.89. The van der Waals surface area contributed by atoms with Crippen LogP contribution >= 0.6 is 0 Å². The summed E-state index contributed by atoms with van der Waals surface area (Å²) in [6, 6.07) is 9.90. The van der Waals surface area contributed by atoms with E-state index in [4.69, 9.17) is 11.5 Å². The van der Waals surface area contributed by atoms with Gasteiger partial charge in [0.1, 0.15) is 0 Å². The second-order valence-electron chi connectivity index (χ2n) is 3.31. The molecule has 0 saturated heterocycles. The monoisotopic (exact) mass is 202 g/mol. The van der Waals surface area contributed by atoms with Gasteiger partial charge in [0, 0.05) is 19.3 Å². The Labute approximate surface area is 88.5 Å². The fourth-order valence-electron chi connectivity index (χ4n) is 1.49. The van der Waals surface area contributed by atoms with Gasteiger partial charge in [-0.25, -0.2) is 4.68 Å². The Balaban J connectivity index is 2.37.